The largest absolute Gasteiger partial charge is 0.390 e. The number of epoxide rings is 1. The quantitative estimate of drug-likeness (QED) is 0.464. The summed E-state index contributed by atoms with van der Waals surface area (Å²) in [6.07, 6.45) is 2.85. The van der Waals surface area contributed by atoms with E-state index in [9.17, 15) is 10.2 Å². The first-order valence-electron chi connectivity index (χ1n) is 7.60. The molecule has 6 unspecified atom stereocenters. The highest BCUT2D eigenvalue weighted by Gasteiger charge is 2.69. The highest BCUT2D eigenvalue weighted by Crippen LogP contribution is 2.55. The molecule has 1 saturated carbocycles. The molecule has 2 fully saturated rings. The van der Waals surface area contributed by atoms with Gasteiger partial charge in [-0.05, 0) is 40.0 Å². The Kier molecular flexibility index (Phi) is 5.06. The molecule has 6 atom stereocenters. The number of halogens is 1. The summed E-state index contributed by atoms with van der Waals surface area (Å²) in [5, 5.41) is 21.3. The van der Waals surface area contributed by atoms with Crippen molar-refractivity contribution in [1.29, 1.82) is 0 Å². The zero-order valence-electron chi connectivity index (χ0n) is 13.3. The van der Waals surface area contributed by atoms with Crippen LogP contribution in [0.3, 0.4) is 0 Å². The minimum Gasteiger partial charge on any atom is -0.390 e. The third-order valence-electron chi connectivity index (χ3n) is 5.19. The smallest absolute Gasteiger partial charge is 0.121 e. The highest BCUT2D eigenvalue weighted by atomic mass is 35.5. The molecule has 2 rings (SSSR count). The lowest BCUT2D eigenvalue weighted by atomic mass is 9.66. The number of allylic oxidation sites excluding steroid dienone is 1. The molecule has 0 aromatic rings. The average Bonchev–Trinajstić information content (AvgIpc) is 3.11. The van der Waals surface area contributed by atoms with Gasteiger partial charge in [-0.25, -0.2) is 0 Å². The lowest BCUT2D eigenvalue weighted by Gasteiger charge is -2.47. The second kappa shape index (κ2) is 6.17. The Morgan fingerprint density at radius 3 is 2.67 bits per heavy atom. The molecule has 0 amide bonds. The molecule has 5 heteroatoms. The first-order chi connectivity index (χ1) is 9.80. The van der Waals surface area contributed by atoms with Crippen molar-refractivity contribution in [3.63, 3.8) is 0 Å². The molecular formula is C16H27ClO4. The Balaban J connectivity index is 2.18. The first kappa shape index (κ1) is 17.2. The summed E-state index contributed by atoms with van der Waals surface area (Å²) < 4.78 is 11.3. The van der Waals surface area contributed by atoms with Crippen LogP contribution in [0.4, 0.5) is 0 Å². The van der Waals surface area contributed by atoms with Gasteiger partial charge >= 0.3 is 0 Å². The SMILES string of the molecule is COC1C(O)CCC(O)(C2(C)OC2CC=C(C)C)C1CCl. The van der Waals surface area contributed by atoms with Crippen LogP contribution in [0, 0.1) is 5.92 Å². The highest BCUT2D eigenvalue weighted by molar-refractivity contribution is 6.18. The van der Waals surface area contributed by atoms with E-state index in [0.717, 1.165) is 6.42 Å². The Morgan fingerprint density at radius 2 is 2.14 bits per heavy atom. The third kappa shape index (κ3) is 2.89. The van der Waals surface area contributed by atoms with Crippen LogP contribution in [0.2, 0.25) is 0 Å². The maximum Gasteiger partial charge on any atom is 0.121 e. The van der Waals surface area contributed by atoms with E-state index in [-0.39, 0.29) is 17.9 Å². The minimum atomic E-state index is -1.06. The van der Waals surface area contributed by atoms with Gasteiger partial charge in [-0.2, -0.15) is 0 Å². The molecule has 0 radical (unpaired) electrons. The van der Waals surface area contributed by atoms with Crippen LogP contribution in [-0.2, 0) is 9.47 Å². The van der Waals surface area contributed by atoms with E-state index in [1.165, 1.54) is 5.57 Å². The summed E-state index contributed by atoms with van der Waals surface area (Å²) in [7, 11) is 1.55. The van der Waals surface area contributed by atoms with Gasteiger partial charge in [0.1, 0.15) is 11.2 Å². The number of hydrogen-bond donors (Lipinski definition) is 2. The van der Waals surface area contributed by atoms with Gasteiger partial charge in [0.25, 0.3) is 0 Å². The zero-order valence-corrected chi connectivity index (χ0v) is 14.1. The van der Waals surface area contributed by atoms with Crippen molar-refractivity contribution in [3.05, 3.63) is 11.6 Å². The molecule has 21 heavy (non-hydrogen) atoms. The molecule has 2 aliphatic rings. The summed E-state index contributed by atoms with van der Waals surface area (Å²) in [6, 6.07) is 0. The number of methoxy groups -OCH3 is 1. The van der Waals surface area contributed by atoms with Crippen molar-refractivity contribution < 1.29 is 19.7 Å². The van der Waals surface area contributed by atoms with Crippen molar-refractivity contribution in [1.82, 2.24) is 0 Å². The topological polar surface area (TPSA) is 62.2 Å². The molecule has 0 aromatic heterocycles. The van der Waals surface area contributed by atoms with Crippen LogP contribution in [-0.4, -0.2) is 52.7 Å². The number of rotatable bonds is 5. The fourth-order valence-electron chi connectivity index (χ4n) is 3.67. The molecule has 0 spiro atoms. The molecule has 1 aliphatic heterocycles. The normalized spacial score (nSPS) is 46.2. The Bertz CT molecular complexity index is 409. The van der Waals surface area contributed by atoms with Crippen molar-refractivity contribution in [2.75, 3.05) is 13.0 Å². The standard InChI is InChI=1S/C16H27ClO4/c1-10(2)5-6-13-15(3,21-13)16(19)8-7-12(18)14(20-4)11(16)9-17/h5,11-14,18-19H,6-9H2,1-4H3. The van der Waals surface area contributed by atoms with Crippen molar-refractivity contribution in [2.24, 2.45) is 5.92 Å². The predicted molar refractivity (Wildman–Crippen MR) is 82.5 cm³/mol. The Hall–Kier alpha value is -0.130. The Morgan fingerprint density at radius 1 is 1.48 bits per heavy atom. The number of alkyl halides is 1. The van der Waals surface area contributed by atoms with E-state index < -0.39 is 23.4 Å². The van der Waals surface area contributed by atoms with Crippen LogP contribution in [0.5, 0.6) is 0 Å². The molecule has 0 aromatic carbocycles. The van der Waals surface area contributed by atoms with E-state index in [1.54, 1.807) is 7.11 Å². The van der Waals surface area contributed by atoms with Crippen molar-refractivity contribution in [3.8, 4) is 0 Å². The summed E-state index contributed by atoms with van der Waals surface area (Å²) in [6.45, 7) is 6.04. The van der Waals surface area contributed by atoms with Crippen LogP contribution in [0.25, 0.3) is 0 Å². The van der Waals surface area contributed by atoms with Gasteiger partial charge in [-0.1, -0.05) is 11.6 Å². The molecule has 1 aliphatic carbocycles. The van der Waals surface area contributed by atoms with Crippen LogP contribution >= 0.6 is 11.6 Å². The molecule has 122 valence electrons. The van der Waals surface area contributed by atoms with E-state index in [0.29, 0.717) is 12.8 Å². The maximum absolute atomic E-state index is 11.3. The van der Waals surface area contributed by atoms with E-state index in [1.807, 2.05) is 20.8 Å². The van der Waals surface area contributed by atoms with Crippen LogP contribution in [0.15, 0.2) is 11.6 Å². The summed E-state index contributed by atoms with van der Waals surface area (Å²) in [4.78, 5) is 0. The summed E-state index contributed by atoms with van der Waals surface area (Å²) in [5.74, 6) is -0.102. The van der Waals surface area contributed by atoms with Crippen LogP contribution in [0.1, 0.15) is 40.0 Å². The van der Waals surface area contributed by atoms with Crippen molar-refractivity contribution >= 4 is 11.6 Å². The predicted octanol–water partition coefficient (Wildman–Crippen LogP) is 2.26. The minimum absolute atomic E-state index is 0.00383. The van der Waals surface area contributed by atoms with E-state index in [4.69, 9.17) is 21.1 Å². The average molecular weight is 319 g/mol. The van der Waals surface area contributed by atoms with Gasteiger partial charge in [0.2, 0.25) is 0 Å². The first-order valence-corrected chi connectivity index (χ1v) is 8.14. The third-order valence-corrected chi connectivity index (χ3v) is 5.53. The fraction of sp³-hybridized carbons (Fsp3) is 0.875. The van der Waals surface area contributed by atoms with Gasteiger partial charge < -0.3 is 19.7 Å². The van der Waals surface area contributed by atoms with Crippen LogP contribution < -0.4 is 0 Å². The molecule has 4 nitrogen and oxygen atoms in total. The number of aliphatic hydroxyl groups excluding tert-OH is 1. The van der Waals surface area contributed by atoms with Crippen molar-refractivity contribution in [2.45, 2.75) is 69.5 Å². The number of hydrogen-bond acceptors (Lipinski definition) is 4. The van der Waals surface area contributed by atoms with Gasteiger partial charge in [0.15, 0.2) is 0 Å². The molecule has 2 N–H and O–H groups in total. The van der Waals surface area contributed by atoms with E-state index >= 15 is 0 Å². The summed E-state index contributed by atoms with van der Waals surface area (Å²) >= 11 is 6.09. The maximum atomic E-state index is 11.3. The number of ether oxygens (including phenoxy) is 2. The second-order valence-corrected chi connectivity index (χ2v) is 7.03. The Labute approximate surface area is 132 Å². The van der Waals surface area contributed by atoms with E-state index in [2.05, 4.69) is 6.08 Å². The van der Waals surface area contributed by atoms with Gasteiger partial charge in [-0.3, -0.25) is 0 Å². The lowest BCUT2D eigenvalue weighted by molar-refractivity contribution is -0.177. The zero-order chi connectivity index (χ0) is 15.8. The van der Waals surface area contributed by atoms with Gasteiger partial charge in [-0.15, -0.1) is 11.6 Å². The number of aliphatic hydroxyl groups is 2. The second-order valence-electron chi connectivity index (χ2n) is 6.72. The molecule has 0 bridgehead atoms. The molecular weight excluding hydrogens is 292 g/mol. The van der Waals surface area contributed by atoms with Gasteiger partial charge in [0, 0.05) is 18.9 Å². The molecule has 1 saturated heterocycles. The van der Waals surface area contributed by atoms with Gasteiger partial charge in [0.05, 0.1) is 18.3 Å². The molecule has 1 heterocycles. The summed E-state index contributed by atoms with van der Waals surface area (Å²) in [5.41, 5.74) is -0.438. The fourth-order valence-corrected chi connectivity index (χ4v) is 4.10. The monoisotopic (exact) mass is 318 g/mol. The lowest BCUT2D eigenvalue weighted by Crippen LogP contribution is -2.61.